The van der Waals surface area contributed by atoms with E-state index < -0.39 is 5.79 Å². The van der Waals surface area contributed by atoms with E-state index in [-0.39, 0.29) is 18.1 Å². The molecule has 0 N–H and O–H groups in total. The highest BCUT2D eigenvalue weighted by molar-refractivity contribution is 7.10. The lowest BCUT2D eigenvalue weighted by molar-refractivity contribution is -0.236. The number of hydrogen-bond acceptors (Lipinski definition) is 6. The zero-order valence-corrected chi connectivity index (χ0v) is 19.0. The van der Waals surface area contributed by atoms with Crippen molar-refractivity contribution in [2.45, 2.75) is 51.5 Å². The zero-order chi connectivity index (χ0) is 22.0. The number of carbonyl (C=O) groups excluding carboxylic acids is 1. The van der Waals surface area contributed by atoms with Gasteiger partial charge < -0.3 is 9.47 Å². The van der Waals surface area contributed by atoms with Gasteiger partial charge in [0, 0.05) is 54.0 Å². The number of aromatic nitrogens is 1. The van der Waals surface area contributed by atoms with Gasteiger partial charge in [0.1, 0.15) is 5.75 Å². The van der Waals surface area contributed by atoms with E-state index in [0.717, 1.165) is 44.4 Å². The Balaban J connectivity index is 1.42. The molecule has 0 saturated carbocycles. The summed E-state index contributed by atoms with van der Waals surface area (Å²) in [4.78, 5) is 18.4. The smallest absolute Gasteiger partial charge is 0.240 e. The molecule has 3 aliphatic heterocycles. The molecule has 32 heavy (non-hydrogen) atoms. The Hall–Kier alpha value is -3.03. The van der Waals surface area contributed by atoms with Crippen molar-refractivity contribution in [2.75, 3.05) is 0 Å². The summed E-state index contributed by atoms with van der Waals surface area (Å²) in [5.74, 6) is -0.112. The molecule has 5 heterocycles. The fourth-order valence-corrected chi connectivity index (χ4v) is 5.83. The van der Waals surface area contributed by atoms with Crippen LogP contribution >= 0.6 is 11.3 Å². The normalized spacial score (nSPS) is 25.6. The summed E-state index contributed by atoms with van der Waals surface area (Å²) in [6, 6.07) is 14.1. The minimum Gasteiger partial charge on any atom is -0.458 e. The van der Waals surface area contributed by atoms with E-state index in [1.807, 2.05) is 43.5 Å². The van der Waals surface area contributed by atoms with Gasteiger partial charge in [0.25, 0.3) is 0 Å². The molecular weight excluding hydrogens is 422 g/mol. The third kappa shape index (κ3) is 2.92. The van der Waals surface area contributed by atoms with Gasteiger partial charge in [-0.2, -0.15) is 5.10 Å². The predicted octanol–water partition coefficient (Wildman–Crippen LogP) is 5.03. The molecule has 0 fully saturated rings. The Morgan fingerprint density at radius 3 is 2.84 bits per heavy atom. The van der Waals surface area contributed by atoms with Crippen LogP contribution in [-0.4, -0.2) is 21.6 Å². The Bertz CT molecular complexity index is 1270. The molecule has 0 saturated heterocycles. The van der Waals surface area contributed by atoms with E-state index >= 15 is 0 Å². The number of nitrogens with zero attached hydrogens (tertiary/aromatic N) is 3. The van der Waals surface area contributed by atoms with Gasteiger partial charge in [-0.1, -0.05) is 24.3 Å². The minimum absolute atomic E-state index is 0.0627. The summed E-state index contributed by atoms with van der Waals surface area (Å²) in [6.07, 6.45) is 1.29. The third-order valence-corrected chi connectivity index (χ3v) is 7.49. The number of ether oxygens (including phenoxy) is 2. The van der Waals surface area contributed by atoms with Gasteiger partial charge in [0.2, 0.25) is 11.7 Å². The maximum absolute atomic E-state index is 12.3. The van der Waals surface area contributed by atoms with Crippen molar-refractivity contribution in [3.8, 4) is 5.75 Å². The van der Waals surface area contributed by atoms with Crippen molar-refractivity contribution in [1.29, 1.82) is 0 Å². The number of carbonyl (C=O) groups is 1. The maximum atomic E-state index is 12.3. The molecule has 3 unspecified atom stereocenters. The molecule has 3 atom stereocenters. The monoisotopic (exact) mass is 445 g/mol. The van der Waals surface area contributed by atoms with Crippen LogP contribution in [0.5, 0.6) is 5.75 Å². The van der Waals surface area contributed by atoms with Crippen LogP contribution in [0.1, 0.15) is 65.4 Å². The number of aryl methyl sites for hydroxylation is 1. The van der Waals surface area contributed by atoms with E-state index in [2.05, 4.69) is 18.2 Å². The van der Waals surface area contributed by atoms with Crippen LogP contribution in [0.3, 0.4) is 0 Å². The van der Waals surface area contributed by atoms with E-state index in [4.69, 9.17) is 19.6 Å². The first kappa shape index (κ1) is 19.6. The Kier molecular flexibility index (Phi) is 4.29. The molecule has 7 heteroatoms. The van der Waals surface area contributed by atoms with Gasteiger partial charge in [-0.05, 0) is 30.5 Å². The fraction of sp³-hybridized carbons (Fsp3) is 0.320. The molecule has 6 rings (SSSR count). The maximum Gasteiger partial charge on any atom is 0.240 e. The molecule has 0 spiro atoms. The summed E-state index contributed by atoms with van der Waals surface area (Å²) in [6.45, 7) is 5.53. The first-order chi connectivity index (χ1) is 15.4. The number of hydrazone groups is 1. The lowest BCUT2D eigenvalue weighted by Crippen LogP contribution is -2.43. The topological polar surface area (TPSA) is 64.0 Å². The summed E-state index contributed by atoms with van der Waals surface area (Å²) in [5.41, 5.74) is 5.72. The van der Waals surface area contributed by atoms with Crippen molar-refractivity contribution in [3.63, 3.8) is 0 Å². The second-order valence-corrected chi connectivity index (χ2v) is 9.64. The average Bonchev–Trinajstić information content (AvgIpc) is 3.43. The molecule has 3 aliphatic rings. The quantitative estimate of drug-likeness (QED) is 0.555. The SMILES string of the molecule is CC(=O)N1N=C(c2cc3c(nc2C)CC2OC3(C)Oc3ccccc32)CC1c1cccs1. The summed E-state index contributed by atoms with van der Waals surface area (Å²) in [5, 5.41) is 8.36. The van der Waals surface area contributed by atoms with E-state index in [0.29, 0.717) is 12.8 Å². The largest absolute Gasteiger partial charge is 0.458 e. The molecule has 6 nitrogen and oxygen atoms in total. The highest BCUT2D eigenvalue weighted by atomic mass is 32.1. The summed E-state index contributed by atoms with van der Waals surface area (Å²) >= 11 is 1.65. The van der Waals surface area contributed by atoms with Gasteiger partial charge in [-0.25, -0.2) is 5.01 Å². The number of benzene rings is 1. The van der Waals surface area contributed by atoms with Crippen LogP contribution < -0.4 is 4.74 Å². The fourth-order valence-electron chi connectivity index (χ4n) is 5.02. The second-order valence-electron chi connectivity index (χ2n) is 8.66. The number of pyridine rings is 1. The van der Waals surface area contributed by atoms with Crippen molar-refractivity contribution >= 4 is 23.0 Å². The van der Waals surface area contributed by atoms with Gasteiger partial charge in [-0.3, -0.25) is 9.78 Å². The lowest BCUT2D eigenvalue weighted by Gasteiger charge is -2.44. The minimum atomic E-state index is -0.908. The van der Waals surface area contributed by atoms with Crippen LogP contribution in [-0.2, 0) is 21.7 Å². The standard InChI is InChI=1S/C25H23N3O3S/c1-14-17(19-12-21(24-9-6-10-32-24)28(27-19)15(2)29)11-18-20(26-14)13-23-16-7-4-5-8-22(16)30-25(18,3)31-23/h4-11,21,23H,12-13H2,1-3H3. The molecule has 1 amide bonds. The Morgan fingerprint density at radius 1 is 1.22 bits per heavy atom. The number of fused-ring (bicyclic) bond motifs is 6. The van der Waals surface area contributed by atoms with Crippen molar-refractivity contribution < 1.29 is 14.3 Å². The third-order valence-electron chi connectivity index (χ3n) is 6.51. The summed E-state index contributed by atoms with van der Waals surface area (Å²) < 4.78 is 12.7. The average molecular weight is 446 g/mol. The predicted molar refractivity (Wildman–Crippen MR) is 122 cm³/mol. The van der Waals surface area contributed by atoms with Gasteiger partial charge in [0.05, 0.1) is 23.6 Å². The van der Waals surface area contributed by atoms with Crippen molar-refractivity contribution in [2.24, 2.45) is 5.10 Å². The molecule has 0 aliphatic carbocycles. The first-order valence-corrected chi connectivity index (χ1v) is 11.7. The first-order valence-electron chi connectivity index (χ1n) is 10.8. The van der Waals surface area contributed by atoms with Gasteiger partial charge >= 0.3 is 0 Å². The second kappa shape index (κ2) is 6.98. The van der Waals surface area contributed by atoms with Gasteiger partial charge in [-0.15, -0.1) is 11.3 Å². The number of rotatable bonds is 2. The van der Waals surface area contributed by atoms with E-state index in [1.165, 1.54) is 0 Å². The van der Waals surface area contributed by atoms with Crippen LogP contribution in [0.2, 0.25) is 0 Å². The van der Waals surface area contributed by atoms with Crippen LogP contribution in [0.25, 0.3) is 0 Å². The lowest BCUT2D eigenvalue weighted by atomic mass is 9.88. The summed E-state index contributed by atoms with van der Waals surface area (Å²) in [7, 11) is 0. The molecule has 1 aromatic carbocycles. The molecular formula is C25H23N3O3S. The van der Waals surface area contributed by atoms with E-state index in [9.17, 15) is 4.79 Å². The van der Waals surface area contributed by atoms with Crippen LogP contribution in [0, 0.1) is 6.92 Å². The zero-order valence-electron chi connectivity index (χ0n) is 18.2. The molecule has 3 aromatic rings. The van der Waals surface area contributed by atoms with Gasteiger partial charge in [0.15, 0.2) is 0 Å². The molecule has 2 aromatic heterocycles. The Morgan fingerprint density at radius 2 is 2.06 bits per heavy atom. The van der Waals surface area contributed by atoms with Crippen LogP contribution in [0.4, 0.5) is 0 Å². The number of amides is 1. The number of para-hydroxylation sites is 1. The Labute approximate surface area is 190 Å². The van der Waals surface area contributed by atoms with Crippen molar-refractivity contribution in [1.82, 2.24) is 9.99 Å². The molecule has 2 bridgehead atoms. The van der Waals surface area contributed by atoms with Crippen LogP contribution in [0.15, 0.2) is 52.9 Å². The molecule has 162 valence electrons. The van der Waals surface area contributed by atoms with Crippen molar-refractivity contribution in [3.05, 3.63) is 80.8 Å². The highest BCUT2D eigenvalue weighted by Gasteiger charge is 2.46. The molecule has 0 radical (unpaired) electrons. The highest BCUT2D eigenvalue weighted by Crippen LogP contribution is 2.49. The number of thiophene rings is 1. The number of hydrogen-bond donors (Lipinski definition) is 0. The van der Waals surface area contributed by atoms with E-state index in [1.54, 1.807) is 23.3 Å².